The van der Waals surface area contributed by atoms with Gasteiger partial charge in [-0.05, 0) is 57.9 Å². The van der Waals surface area contributed by atoms with Gasteiger partial charge in [-0.2, -0.15) is 0 Å². The molecule has 5 nitrogen and oxygen atoms in total. The molecule has 3 heterocycles. The van der Waals surface area contributed by atoms with Crippen LogP contribution in [0.4, 0.5) is 0 Å². The highest BCUT2D eigenvalue weighted by Gasteiger charge is 2.35. The summed E-state index contributed by atoms with van der Waals surface area (Å²) in [5.74, 6) is 1.34. The first-order valence-electron chi connectivity index (χ1n) is 11.5. The summed E-state index contributed by atoms with van der Waals surface area (Å²) >= 11 is 0. The van der Waals surface area contributed by atoms with Gasteiger partial charge in [-0.3, -0.25) is 14.5 Å². The lowest BCUT2D eigenvalue weighted by atomic mass is 9.87. The van der Waals surface area contributed by atoms with Crippen molar-refractivity contribution in [2.45, 2.75) is 76.7 Å². The maximum absolute atomic E-state index is 12.8. The molecule has 4 rings (SSSR count). The zero-order valence-corrected chi connectivity index (χ0v) is 16.9. The van der Waals surface area contributed by atoms with Crippen LogP contribution in [0, 0.1) is 11.8 Å². The van der Waals surface area contributed by atoms with Gasteiger partial charge in [0.15, 0.2) is 0 Å². The molecule has 0 unspecified atom stereocenters. The van der Waals surface area contributed by atoms with E-state index < -0.39 is 0 Å². The second-order valence-electron chi connectivity index (χ2n) is 9.26. The quantitative estimate of drug-likeness (QED) is 0.762. The Bertz CT molecular complexity index is 518. The SMILES string of the molecule is O=C(C1CCCCC1)N1CCC(N2CCC[C@H](C(=O)N3CCCC3)C2)CC1. The van der Waals surface area contributed by atoms with E-state index >= 15 is 0 Å². The second-order valence-corrected chi connectivity index (χ2v) is 9.26. The van der Waals surface area contributed by atoms with Crippen LogP contribution in [0.3, 0.4) is 0 Å². The first kappa shape index (κ1) is 19.2. The molecule has 3 aliphatic heterocycles. The average Bonchev–Trinajstić information content (AvgIpc) is 3.28. The first-order chi connectivity index (χ1) is 13.2. The minimum absolute atomic E-state index is 0.207. The molecule has 27 heavy (non-hydrogen) atoms. The van der Waals surface area contributed by atoms with Gasteiger partial charge in [0.2, 0.25) is 11.8 Å². The third-order valence-corrected chi connectivity index (χ3v) is 7.47. The standard InChI is InChI=1S/C22H37N3O2/c26-21(18-7-2-1-3-8-18)24-15-10-20(11-16-24)25-14-6-9-19(17-25)22(27)23-12-4-5-13-23/h18-20H,1-17H2/t19-/m0/s1. The highest BCUT2D eigenvalue weighted by Crippen LogP contribution is 2.29. The van der Waals surface area contributed by atoms with Crippen LogP contribution in [0.25, 0.3) is 0 Å². The zero-order valence-electron chi connectivity index (χ0n) is 16.9. The van der Waals surface area contributed by atoms with E-state index in [1.54, 1.807) is 0 Å². The fourth-order valence-electron chi connectivity index (χ4n) is 5.79. The molecule has 2 amide bonds. The normalized spacial score (nSPS) is 29.3. The Morgan fingerprint density at radius 2 is 1.15 bits per heavy atom. The smallest absolute Gasteiger partial charge is 0.226 e. The second kappa shape index (κ2) is 8.93. The molecule has 1 saturated carbocycles. The zero-order chi connectivity index (χ0) is 18.6. The highest BCUT2D eigenvalue weighted by molar-refractivity contribution is 5.79. The number of hydrogen-bond acceptors (Lipinski definition) is 3. The molecule has 0 spiro atoms. The van der Waals surface area contributed by atoms with Crippen molar-refractivity contribution in [3.63, 3.8) is 0 Å². The number of carbonyl (C=O) groups excluding carboxylic acids is 2. The minimum atomic E-state index is 0.207. The lowest BCUT2D eigenvalue weighted by molar-refractivity contribution is -0.138. The average molecular weight is 376 g/mol. The Hall–Kier alpha value is -1.10. The number of piperidine rings is 2. The van der Waals surface area contributed by atoms with Crippen molar-refractivity contribution in [2.24, 2.45) is 11.8 Å². The summed E-state index contributed by atoms with van der Waals surface area (Å²) in [6.07, 6.45) is 12.7. The van der Waals surface area contributed by atoms with Gasteiger partial charge < -0.3 is 9.80 Å². The van der Waals surface area contributed by atoms with Gasteiger partial charge in [0, 0.05) is 44.7 Å². The van der Waals surface area contributed by atoms with Crippen molar-refractivity contribution >= 4 is 11.8 Å². The molecule has 152 valence electrons. The maximum Gasteiger partial charge on any atom is 0.226 e. The Balaban J connectivity index is 1.26. The monoisotopic (exact) mass is 375 g/mol. The van der Waals surface area contributed by atoms with Crippen LogP contribution < -0.4 is 0 Å². The molecule has 1 atom stereocenters. The van der Waals surface area contributed by atoms with E-state index in [9.17, 15) is 9.59 Å². The molecule has 0 aromatic rings. The number of hydrogen-bond donors (Lipinski definition) is 0. The molecule has 0 aromatic carbocycles. The number of likely N-dealkylation sites (tertiary alicyclic amines) is 3. The van der Waals surface area contributed by atoms with Crippen LogP contribution in [-0.4, -0.2) is 71.8 Å². The summed E-state index contributed by atoms with van der Waals surface area (Å²) in [4.78, 5) is 32.4. The summed E-state index contributed by atoms with van der Waals surface area (Å²) in [6, 6.07) is 0.564. The molecule has 0 bridgehead atoms. The molecule has 0 N–H and O–H groups in total. The molecule has 0 aromatic heterocycles. The predicted octanol–water partition coefficient (Wildman–Crippen LogP) is 2.89. The molecular weight excluding hydrogens is 338 g/mol. The number of amides is 2. The Kier molecular flexibility index (Phi) is 6.36. The summed E-state index contributed by atoms with van der Waals surface area (Å²) in [5, 5.41) is 0. The van der Waals surface area contributed by atoms with Crippen molar-refractivity contribution < 1.29 is 9.59 Å². The lowest BCUT2D eigenvalue weighted by Crippen LogP contribution is -2.52. The van der Waals surface area contributed by atoms with Crippen LogP contribution in [0.1, 0.15) is 70.6 Å². The topological polar surface area (TPSA) is 43.9 Å². The van der Waals surface area contributed by atoms with E-state index in [2.05, 4.69) is 14.7 Å². The van der Waals surface area contributed by atoms with Gasteiger partial charge in [-0.15, -0.1) is 0 Å². The molecule has 0 radical (unpaired) electrons. The fraction of sp³-hybridized carbons (Fsp3) is 0.909. The van der Waals surface area contributed by atoms with Gasteiger partial charge in [0.05, 0.1) is 5.92 Å². The van der Waals surface area contributed by atoms with Crippen molar-refractivity contribution in [3.8, 4) is 0 Å². The minimum Gasteiger partial charge on any atom is -0.342 e. The molecule has 4 fully saturated rings. The molecule has 5 heteroatoms. The summed E-state index contributed by atoms with van der Waals surface area (Å²) in [6.45, 7) is 5.85. The fourth-order valence-corrected chi connectivity index (χ4v) is 5.79. The maximum atomic E-state index is 12.8. The Labute approximate surface area is 164 Å². The van der Waals surface area contributed by atoms with Crippen LogP contribution in [-0.2, 0) is 9.59 Å². The first-order valence-corrected chi connectivity index (χ1v) is 11.5. The number of rotatable bonds is 3. The van der Waals surface area contributed by atoms with Crippen molar-refractivity contribution in [1.29, 1.82) is 0 Å². The lowest BCUT2D eigenvalue weighted by Gasteiger charge is -2.43. The highest BCUT2D eigenvalue weighted by atomic mass is 16.2. The third kappa shape index (κ3) is 4.49. The Morgan fingerprint density at radius 1 is 0.556 bits per heavy atom. The third-order valence-electron chi connectivity index (χ3n) is 7.47. The van der Waals surface area contributed by atoms with Gasteiger partial charge in [-0.1, -0.05) is 19.3 Å². The van der Waals surface area contributed by atoms with E-state index in [-0.39, 0.29) is 5.92 Å². The van der Waals surface area contributed by atoms with E-state index in [4.69, 9.17) is 0 Å². The van der Waals surface area contributed by atoms with Crippen LogP contribution in [0.2, 0.25) is 0 Å². The Morgan fingerprint density at radius 3 is 1.85 bits per heavy atom. The molecular formula is C22H37N3O2. The van der Waals surface area contributed by atoms with E-state index in [1.807, 2.05) is 0 Å². The predicted molar refractivity (Wildman–Crippen MR) is 106 cm³/mol. The van der Waals surface area contributed by atoms with Crippen LogP contribution in [0.5, 0.6) is 0 Å². The van der Waals surface area contributed by atoms with Gasteiger partial charge >= 0.3 is 0 Å². The number of carbonyl (C=O) groups is 2. The van der Waals surface area contributed by atoms with Crippen molar-refractivity contribution in [2.75, 3.05) is 39.3 Å². The largest absolute Gasteiger partial charge is 0.342 e. The van der Waals surface area contributed by atoms with E-state index in [0.717, 1.165) is 77.8 Å². The molecule has 4 aliphatic rings. The van der Waals surface area contributed by atoms with Gasteiger partial charge in [-0.25, -0.2) is 0 Å². The van der Waals surface area contributed by atoms with Crippen molar-refractivity contribution in [3.05, 3.63) is 0 Å². The number of nitrogens with zero attached hydrogens (tertiary/aromatic N) is 3. The van der Waals surface area contributed by atoms with Crippen LogP contribution >= 0.6 is 0 Å². The summed E-state index contributed by atoms with van der Waals surface area (Å²) in [7, 11) is 0. The van der Waals surface area contributed by atoms with Gasteiger partial charge in [0.25, 0.3) is 0 Å². The van der Waals surface area contributed by atoms with Crippen LogP contribution in [0.15, 0.2) is 0 Å². The summed E-state index contributed by atoms with van der Waals surface area (Å²) in [5.41, 5.74) is 0. The molecule has 3 saturated heterocycles. The summed E-state index contributed by atoms with van der Waals surface area (Å²) < 4.78 is 0. The van der Waals surface area contributed by atoms with Crippen molar-refractivity contribution in [1.82, 2.24) is 14.7 Å². The van der Waals surface area contributed by atoms with E-state index in [0.29, 0.717) is 23.8 Å². The van der Waals surface area contributed by atoms with E-state index in [1.165, 1.54) is 32.1 Å². The van der Waals surface area contributed by atoms with Gasteiger partial charge in [0.1, 0.15) is 0 Å². The molecule has 1 aliphatic carbocycles.